The van der Waals surface area contributed by atoms with Crippen molar-refractivity contribution >= 4 is 29.1 Å². The van der Waals surface area contributed by atoms with E-state index in [1.165, 1.54) is 0 Å². The third-order valence-electron chi connectivity index (χ3n) is 6.47. The van der Waals surface area contributed by atoms with Gasteiger partial charge in [0.05, 0.1) is 18.2 Å². The molecule has 5 heteroatoms. The number of hydrogen-bond donors (Lipinski definition) is 0. The van der Waals surface area contributed by atoms with Crippen molar-refractivity contribution in [1.29, 1.82) is 10.5 Å². The number of ketones is 1. The van der Waals surface area contributed by atoms with Crippen LogP contribution in [-0.2, 0) is 0 Å². The number of hydrogen-bond acceptors (Lipinski definition) is 4. The van der Waals surface area contributed by atoms with Gasteiger partial charge in [0.25, 0.3) is 0 Å². The van der Waals surface area contributed by atoms with Crippen LogP contribution in [0.2, 0.25) is 5.02 Å². The number of carbonyl (C=O) groups excluding carboxylic acids is 1. The number of para-hydroxylation sites is 1. The molecule has 2 aliphatic heterocycles. The second-order valence-electron chi connectivity index (χ2n) is 8.07. The van der Waals surface area contributed by atoms with E-state index in [1.54, 1.807) is 24.3 Å². The average Bonchev–Trinajstić information content (AvgIpc) is 3.15. The Labute approximate surface area is 191 Å². The second-order valence-corrected chi connectivity index (χ2v) is 8.50. The fourth-order valence-corrected chi connectivity index (χ4v) is 5.18. The van der Waals surface area contributed by atoms with Crippen molar-refractivity contribution in [3.05, 3.63) is 107 Å². The van der Waals surface area contributed by atoms with Crippen molar-refractivity contribution < 1.29 is 4.79 Å². The van der Waals surface area contributed by atoms with E-state index in [1.807, 2.05) is 71.6 Å². The van der Waals surface area contributed by atoms with Gasteiger partial charge in [0.15, 0.2) is 11.2 Å². The molecule has 4 nitrogen and oxygen atoms in total. The third-order valence-corrected chi connectivity index (χ3v) is 6.72. The lowest BCUT2D eigenvalue weighted by Crippen LogP contribution is -2.44. The summed E-state index contributed by atoms with van der Waals surface area (Å²) in [7, 11) is 0. The number of carbonyl (C=O) groups is 1. The Morgan fingerprint density at radius 1 is 0.906 bits per heavy atom. The van der Waals surface area contributed by atoms with Gasteiger partial charge in [-0.15, -0.1) is 0 Å². The zero-order valence-electron chi connectivity index (χ0n) is 17.0. The van der Waals surface area contributed by atoms with Crippen LogP contribution in [0, 0.1) is 28.1 Å². The molecule has 0 radical (unpaired) electrons. The van der Waals surface area contributed by atoms with E-state index in [9.17, 15) is 15.3 Å². The molecule has 0 aromatic heterocycles. The molecule has 3 atom stereocenters. The molecule has 2 aliphatic rings. The van der Waals surface area contributed by atoms with E-state index < -0.39 is 23.4 Å². The summed E-state index contributed by atoms with van der Waals surface area (Å²) in [5, 5.41) is 21.3. The highest BCUT2D eigenvalue weighted by Crippen LogP contribution is 2.55. The topological polar surface area (TPSA) is 67.9 Å². The van der Waals surface area contributed by atoms with Crippen molar-refractivity contribution in [3.8, 4) is 12.1 Å². The van der Waals surface area contributed by atoms with Crippen LogP contribution < -0.4 is 4.90 Å². The van der Waals surface area contributed by atoms with Gasteiger partial charge in [0.2, 0.25) is 0 Å². The fourth-order valence-electron chi connectivity index (χ4n) is 5.05. The molecule has 0 amide bonds. The van der Waals surface area contributed by atoms with Gasteiger partial charge in [-0.1, -0.05) is 84.4 Å². The van der Waals surface area contributed by atoms with Gasteiger partial charge >= 0.3 is 0 Å². The number of rotatable bonds is 3. The summed E-state index contributed by atoms with van der Waals surface area (Å²) < 4.78 is 0. The van der Waals surface area contributed by atoms with Crippen LogP contribution in [0.4, 0.5) is 5.69 Å². The van der Waals surface area contributed by atoms with Gasteiger partial charge in [0, 0.05) is 22.2 Å². The number of halogens is 1. The number of Topliss-reactive ketones (excluding diaryl/α,β-unsaturated/α-hetero) is 1. The first-order chi connectivity index (χ1) is 15.6. The van der Waals surface area contributed by atoms with Gasteiger partial charge in [-0.3, -0.25) is 4.79 Å². The minimum Gasteiger partial charge on any atom is -0.351 e. The number of benzene rings is 3. The van der Waals surface area contributed by atoms with Crippen LogP contribution in [0.15, 0.2) is 84.9 Å². The van der Waals surface area contributed by atoms with Crippen LogP contribution in [0.1, 0.15) is 27.4 Å². The molecule has 3 aromatic rings. The quantitative estimate of drug-likeness (QED) is 0.500. The highest BCUT2D eigenvalue weighted by molar-refractivity contribution is 6.30. The first-order valence-electron chi connectivity index (χ1n) is 10.3. The predicted octanol–water partition coefficient (Wildman–Crippen LogP) is 5.62. The molecule has 3 aromatic carbocycles. The maximum Gasteiger partial charge on any atom is 0.185 e. The molecule has 2 heterocycles. The second kappa shape index (κ2) is 7.68. The Kier molecular flexibility index (Phi) is 4.82. The Morgan fingerprint density at radius 3 is 2.25 bits per heavy atom. The number of nitrogens with zero attached hydrogens (tertiary/aromatic N) is 3. The van der Waals surface area contributed by atoms with Crippen molar-refractivity contribution in [2.24, 2.45) is 5.41 Å². The van der Waals surface area contributed by atoms with Crippen LogP contribution in [0.25, 0.3) is 6.08 Å². The molecule has 0 spiro atoms. The number of nitriles is 2. The zero-order chi connectivity index (χ0) is 22.3. The molecular weight excluding hydrogens is 418 g/mol. The molecular formula is C27H18ClN3O. The molecule has 0 saturated carbocycles. The zero-order valence-corrected chi connectivity index (χ0v) is 17.8. The van der Waals surface area contributed by atoms with Gasteiger partial charge < -0.3 is 4.90 Å². The molecule has 0 unspecified atom stereocenters. The standard InChI is InChI=1S/C27H18ClN3O/c28-21-13-10-19(11-14-21)24-25(26(32)20-7-2-1-3-8-20)31-22-9-5-4-6-18(22)12-15-23(31)27(24,16-29)17-30/h1-15,23-25H/t23-,24-,25-/m1/s1. The largest absolute Gasteiger partial charge is 0.351 e. The van der Waals surface area contributed by atoms with E-state index in [-0.39, 0.29) is 5.78 Å². The third kappa shape index (κ3) is 2.85. The predicted molar refractivity (Wildman–Crippen MR) is 124 cm³/mol. The molecule has 0 N–H and O–H groups in total. The van der Waals surface area contributed by atoms with Gasteiger partial charge in [-0.05, 0) is 29.3 Å². The molecule has 32 heavy (non-hydrogen) atoms. The molecule has 0 bridgehead atoms. The number of fused-ring (bicyclic) bond motifs is 3. The molecule has 154 valence electrons. The fraction of sp³-hybridized carbons (Fsp3) is 0.148. The van der Waals surface area contributed by atoms with Crippen LogP contribution in [0.5, 0.6) is 0 Å². The Hall–Kier alpha value is -3.86. The maximum absolute atomic E-state index is 14.0. The summed E-state index contributed by atoms with van der Waals surface area (Å²) in [4.78, 5) is 15.9. The van der Waals surface area contributed by atoms with Gasteiger partial charge in [-0.2, -0.15) is 10.5 Å². The summed E-state index contributed by atoms with van der Waals surface area (Å²) in [5.41, 5.74) is 1.64. The van der Waals surface area contributed by atoms with E-state index in [2.05, 4.69) is 12.1 Å². The normalized spacial score (nSPS) is 22.3. The number of anilines is 1. The van der Waals surface area contributed by atoms with Crippen molar-refractivity contribution in [1.82, 2.24) is 0 Å². The molecule has 1 fully saturated rings. The van der Waals surface area contributed by atoms with Crippen LogP contribution in [-0.4, -0.2) is 17.9 Å². The molecule has 5 rings (SSSR count). The minimum absolute atomic E-state index is 0.118. The van der Waals surface area contributed by atoms with E-state index in [0.717, 1.165) is 16.8 Å². The average molecular weight is 436 g/mol. The van der Waals surface area contributed by atoms with Gasteiger partial charge in [-0.25, -0.2) is 0 Å². The lowest BCUT2D eigenvalue weighted by atomic mass is 9.69. The van der Waals surface area contributed by atoms with Gasteiger partial charge in [0.1, 0.15) is 6.04 Å². The summed E-state index contributed by atoms with van der Waals surface area (Å²) in [6, 6.07) is 27.3. The first-order valence-corrected chi connectivity index (χ1v) is 10.7. The van der Waals surface area contributed by atoms with Crippen molar-refractivity contribution in [3.63, 3.8) is 0 Å². The summed E-state index contributed by atoms with van der Waals surface area (Å²) in [6.45, 7) is 0. The lowest BCUT2D eigenvalue weighted by molar-refractivity contribution is 0.0951. The minimum atomic E-state index is -1.45. The Balaban J connectivity index is 1.79. The molecule has 0 aliphatic carbocycles. The first kappa shape index (κ1) is 20.1. The van der Waals surface area contributed by atoms with Crippen molar-refractivity contribution in [2.45, 2.75) is 18.0 Å². The highest BCUT2D eigenvalue weighted by atomic mass is 35.5. The van der Waals surface area contributed by atoms with Crippen molar-refractivity contribution in [2.75, 3.05) is 4.90 Å². The summed E-state index contributed by atoms with van der Waals surface area (Å²) in [5.74, 6) is -0.781. The smallest absolute Gasteiger partial charge is 0.185 e. The van der Waals surface area contributed by atoms with E-state index in [0.29, 0.717) is 10.6 Å². The maximum atomic E-state index is 14.0. The highest BCUT2D eigenvalue weighted by Gasteiger charge is 2.63. The Morgan fingerprint density at radius 2 is 1.56 bits per heavy atom. The SMILES string of the molecule is N#CC1(C#N)[C@H](c2ccc(Cl)cc2)[C@H](C(=O)c2ccccc2)N2c3ccccc3C=C[C@@H]21. The lowest BCUT2D eigenvalue weighted by Gasteiger charge is -2.35. The van der Waals surface area contributed by atoms with Crippen LogP contribution >= 0.6 is 11.6 Å². The Bertz CT molecular complexity index is 1290. The summed E-state index contributed by atoms with van der Waals surface area (Å²) in [6.07, 6.45) is 3.82. The monoisotopic (exact) mass is 435 g/mol. The van der Waals surface area contributed by atoms with Crippen LogP contribution in [0.3, 0.4) is 0 Å². The van der Waals surface area contributed by atoms with E-state index >= 15 is 0 Å². The van der Waals surface area contributed by atoms with E-state index in [4.69, 9.17) is 11.6 Å². The molecule has 1 saturated heterocycles. The summed E-state index contributed by atoms with van der Waals surface area (Å²) >= 11 is 6.12.